The van der Waals surface area contributed by atoms with Crippen LogP contribution in [0.15, 0.2) is 66.5 Å². The lowest BCUT2D eigenvalue weighted by atomic mass is 10.1. The van der Waals surface area contributed by atoms with Crippen LogP contribution in [0.2, 0.25) is 0 Å². The van der Waals surface area contributed by atoms with Crippen molar-refractivity contribution in [1.29, 1.82) is 0 Å². The third-order valence-corrected chi connectivity index (χ3v) is 8.56. The van der Waals surface area contributed by atoms with E-state index >= 15 is 0 Å². The van der Waals surface area contributed by atoms with Crippen molar-refractivity contribution in [1.82, 2.24) is 15.0 Å². The summed E-state index contributed by atoms with van der Waals surface area (Å²) in [4.78, 5) is 39.8. The summed E-state index contributed by atoms with van der Waals surface area (Å²) in [5.74, 6) is 2.18. The number of carbonyl (C=O) groups is 2. The van der Waals surface area contributed by atoms with Gasteiger partial charge < -0.3 is 18.9 Å². The van der Waals surface area contributed by atoms with Crippen LogP contribution in [0.1, 0.15) is 18.7 Å². The maximum Gasteiger partial charge on any atom is 0.298 e. The number of aromatic nitrogens is 3. The van der Waals surface area contributed by atoms with Crippen LogP contribution in [0.25, 0.3) is 49.0 Å². The van der Waals surface area contributed by atoms with Crippen molar-refractivity contribution in [3.05, 3.63) is 71.4 Å². The Morgan fingerprint density at radius 2 is 1.40 bits per heavy atom. The Kier molecular flexibility index (Phi) is 7.76. The lowest BCUT2D eigenvalue weighted by Crippen LogP contribution is -2.14. The van der Waals surface area contributed by atoms with Crippen molar-refractivity contribution in [2.24, 2.45) is 0 Å². The van der Waals surface area contributed by atoms with Crippen LogP contribution in [0, 0.1) is 0 Å². The quantitative estimate of drug-likeness (QED) is 0.167. The molecule has 0 amide bonds. The second-order valence-electron chi connectivity index (χ2n) is 9.34. The molecule has 6 rings (SSSR count). The number of rotatable bonds is 9. The molecule has 0 unspecified atom stereocenters. The van der Waals surface area contributed by atoms with E-state index in [2.05, 4.69) is 42.0 Å². The second kappa shape index (κ2) is 11.9. The molecule has 0 radical (unpaired) electrons. The molecule has 0 spiro atoms. The minimum absolute atomic E-state index is 0.274. The first-order valence-corrected chi connectivity index (χ1v) is 14.5. The minimum atomic E-state index is 0.274. The van der Waals surface area contributed by atoms with Gasteiger partial charge in [-0.2, -0.15) is 0 Å². The predicted octanol–water partition coefficient (Wildman–Crippen LogP) is 6.93. The number of allylic oxidation sites excluding steroid dienone is 1. The molecule has 0 aliphatic carbocycles. The van der Waals surface area contributed by atoms with Gasteiger partial charge in [0.15, 0.2) is 11.5 Å². The molecule has 5 aromatic heterocycles. The Morgan fingerprint density at radius 3 is 2.14 bits per heavy atom. The summed E-state index contributed by atoms with van der Waals surface area (Å²) < 4.78 is 22.1. The highest BCUT2D eigenvalue weighted by Gasteiger charge is 2.25. The number of thiophene rings is 2. The largest absolute Gasteiger partial charge is 0.485 e. The van der Waals surface area contributed by atoms with Gasteiger partial charge in [0.05, 0.1) is 32.5 Å². The summed E-state index contributed by atoms with van der Waals surface area (Å²) in [6.45, 7) is 5.86. The number of fused-ring (bicyclic) bond motifs is 1. The van der Waals surface area contributed by atoms with Gasteiger partial charge in [0, 0.05) is 40.3 Å². The molecule has 0 N–H and O–H groups in total. The van der Waals surface area contributed by atoms with E-state index in [-0.39, 0.29) is 5.75 Å². The number of pyridine rings is 3. The average molecular weight is 598 g/mol. The molecule has 11 heteroatoms. The van der Waals surface area contributed by atoms with E-state index in [0.29, 0.717) is 54.7 Å². The first kappa shape index (κ1) is 27.3. The Hall–Kier alpha value is -4.87. The fourth-order valence-electron chi connectivity index (χ4n) is 4.40. The van der Waals surface area contributed by atoms with E-state index in [1.807, 2.05) is 12.1 Å². The highest BCUT2D eigenvalue weighted by atomic mass is 32.1. The van der Waals surface area contributed by atoms with E-state index in [1.54, 1.807) is 53.1 Å². The van der Waals surface area contributed by atoms with Crippen LogP contribution < -0.4 is 18.9 Å². The summed E-state index contributed by atoms with van der Waals surface area (Å²) in [5.41, 5.74) is 4.06. The van der Waals surface area contributed by atoms with Crippen molar-refractivity contribution in [3.8, 4) is 66.0 Å². The zero-order chi connectivity index (χ0) is 29.1. The molecule has 9 nitrogen and oxygen atoms in total. The summed E-state index contributed by atoms with van der Waals surface area (Å²) in [6.07, 6.45) is 5.34. The van der Waals surface area contributed by atoms with Crippen molar-refractivity contribution >= 4 is 41.7 Å². The minimum Gasteiger partial charge on any atom is -0.485 e. The fraction of sp³-hybridized carbons (Fsp3) is 0.129. The molecule has 0 fully saturated rings. The van der Waals surface area contributed by atoms with Gasteiger partial charge in [-0.1, -0.05) is 5.57 Å². The third kappa shape index (κ3) is 5.65. The maximum atomic E-state index is 11.2. The number of hydrogen-bond acceptors (Lipinski definition) is 11. The monoisotopic (exact) mass is 597 g/mol. The Bertz CT molecular complexity index is 1820. The van der Waals surface area contributed by atoms with Crippen LogP contribution in [0.3, 0.4) is 0 Å². The summed E-state index contributed by atoms with van der Waals surface area (Å²) in [5, 5.41) is 0. The summed E-state index contributed by atoms with van der Waals surface area (Å²) in [6, 6.07) is 14.4. The first-order valence-electron chi connectivity index (χ1n) is 12.9. The van der Waals surface area contributed by atoms with E-state index in [9.17, 15) is 9.59 Å². The van der Waals surface area contributed by atoms with E-state index in [4.69, 9.17) is 23.9 Å². The van der Waals surface area contributed by atoms with Gasteiger partial charge in [0.1, 0.15) is 24.7 Å². The van der Waals surface area contributed by atoms with E-state index < -0.39 is 0 Å². The van der Waals surface area contributed by atoms with Gasteiger partial charge in [-0.25, -0.2) is 4.98 Å². The normalized spacial score (nSPS) is 12.0. The molecule has 0 aromatic carbocycles. The Labute approximate surface area is 249 Å². The molecule has 5 aromatic rings. The van der Waals surface area contributed by atoms with Gasteiger partial charge >= 0.3 is 0 Å². The van der Waals surface area contributed by atoms with Crippen LogP contribution in [0.4, 0.5) is 0 Å². The van der Waals surface area contributed by atoms with Crippen molar-refractivity contribution in [2.45, 2.75) is 13.8 Å². The predicted molar refractivity (Wildman–Crippen MR) is 161 cm³/mol. The SMILES string of the molecule is CC(C)=Cc1sc(-c2ccc(-c3ccnc(-c4cc(OC=O)cc(-c5cc(OC=O)ccn5)n4)c3)s2)c2c1OCCO2. The van der Waals surface area contributed by atoms with Crippen molar-refractivity contribution < 1.29 is 28.5 Å². The van der Waals surface area contributed by atoms with E-state index in [0.717, 1.165) is 36.6 Å². The molecular weight excluding hydrogens is 574 g/mol. The zero-order valence-electron chi connectivity index (χ0n) is 22.5. The highest BCUT2D eigenvalue weighted by Crippen LogP contribution is 2.52. The molecule has 0 saturated carbocycles. The second-order valence-corrected chi connectivity index (χ2v) is 11.5. The highest BCUT2D eigenvalue weighted by molar-refractivity contribution is 7.24. The standard InChI is InChI=1S/C31H23N3O6S2/c1-18(2)11-28-29-30(38-10-9-37-29)31(42-28)27-4-3-26(41-27)19-5-7-32-22(12-19)24-14-21(40-17-36)15-25(34-24)23-13-20(39-16-35)6-8-33-23/h3-8,11-17H,9-10H2,1-2H3. The summed E-state index contributed by atoms with van der Waals surface area (Å²) >= 11 is 3.31. The Balaban J connectivity index is 1.36. The number of carbonyl (C=O) groups excluding carboxylic acids is 2. The van der Waals surface area contributed by atoms with Gasteiger partial charge in [0.2, 0.25) is 0 Å². The molecular formula is C31H23N3O6S2. The third-order valence-electron chi connectivity index (χ3n) is 6.14. The Morgan fingerprint density at radius 1 is 0.762 bits per heavy atom. The van der Waals surface area contributed by atoms with Gasteiger partial charge in [0.25, 0.3) is 12.9 Å². The fourth-order valence-corrected chi connectivity index (χ4v) is 6.76. The van der Waals surface area contributed by atoms with E-state index in [1.165, 1.54) is 11.8 Å². The number of hydrogen-bond donors (Lipinski definition) is 0. The molecule has 210 valence electrons. The number of ether oxygens (including phenoxy) is 4. The average Bonchev–Trinajstić information content (AvgIpc) is 3.63. The van der Waals surface area contributed by atoms with Crippen molar-refractivity contribution in [2.75, 3.05) is 13.2 Å². The molecule has 6 heterocycles. The van der Waals surface area contributed by atoms with Crippen LogP contribution in [0.5, 0.6) is 23.0 Å². The molecule has 42 heavy (non-hydrogen) atoms. The smallest absolute Gasteiger partial charge is 0.298 e. The molecule has 0 atom stereocenters. The molecule has 0 bridgehead atoms. The van der Waals surface area contributed by atoms with Crippen molar-refractivity contribution in [3.63, 3.8) is 0 Å². The van der Waals surface area contributed by atoms with Crippen LogP contribution >= 0.6 is 22.7 Å². The van der Waals surface area contributed by atoms with Crippen LogP contribution in [-0.2, 0) is 9.59 Å². The lowest BCUT2D eigenvalue weighted by Gasteiger charge is -2.16. The zero-order valence-corrected chi connectivity index (χ0v) is 24.2. The van der Waals surface area contributed by atoms with Gasteiger partial charge in [-0.3, -0.25) is 19.6 Å². The maximum absolute atomic E-state index is 11.2. The molecule has 1 aliphatic rings. The molecule has 1 aliphatic heterocycles. The summed E-state index contributed by atoms with van der Waals surface area (Å²) in [7, 11) is 0. The van der Waals surface area contributed by atoms with Gasteiger partial charge in [-0.15, -0.1) is 22.7 Å². The van der Waals surface area contributed by atoms with Gasteiger partial charge in [-0.05, 0) is 55.8 Å². The number of nitrogens with zero attached hydrogens (tertiary/aromatic N) is 3. The topological polar surface area (TPSA) is 110 Å². The van der Waals surface area contributed by atoms with Crippen LogP contribution in [-0.4, -0.2) is 41.1 Å². The first-order chi connectivity index (χ1) is 20.5. The lowest BCUT2D eigenvalue weighted by molar-refractivity contribution is -0.121. The molecule has 0 saturated heterocycles.